The van der Waals surface area contributed by atoms with Crippen molar-refractivity contribution >= 4 is 5.69 Å². The van der Waals surface area contributed by atoms with Gasteiger partial charge in [0.2, 0.25) is 0 Å². The van der Waals surface area contributed by atoms with Gasteiger partial charge in [0, 0.05) is 12.2 Å². The fourth-order valence-electron chi connectivity index (χ4n) is 1.88. The van der Waals surface area contributed by atoms with Gasteiger partial charge in [0.25, 0.3) is 0 Å². The van der Waals surface area contributed by atoms with E-state index in [4.69, 9.17) is 10.5 Å². The predicted octanol–water partition coefficient (Wildman–Crippen LogP) is 3.31. The maximum absolute atomic E-state index is 12.4. The lowest BCUT2D eigenvalue weighted by atomic mass is 10.3. The third kappa shape index (κ3) is 7.23. The average Bonchev–Trinajstić information content (AvgIpc) is 2.35. The number of nitrogens with two attached hydrogens (primary N) is 1. The summed E-state index contributed by atoms with van der Waals surface area (Å²) < 4.78 is 42.5. The van der Waals surface area contributed by atoms with E-state index in [2.05, 4.69) is 0 Å². The molecule has 0 heterocycles. The van der Waals surface area contributed by atoms with Crippen LogP contribution in [-0.4, -0.2) is 37.3 Å². The quantitative estimate of drug-likeness (QED) is 0.589. The number of anilines is 1. The van der Waals surface area contributed by atoms with Gasteiger partial charge < -0.3 is 10.5 Å². The van der Waals surface area contributed by atoms with Gasteiger partial charge in [-0.25, -0.2) is 0 Å². The molecule has 0 amide bonds. The summed E-state index contributed by atoms with van der Waals surface area (Å²) in [4.78, 5) is 1.41. The molecule has 114 valence electrons. The van der Waals surface area contributed by atoms with Crippen molar-refractivity contribution in [1.82, 2.24) is 4.90 Å². The number of alkyl halides is 3. The van der Waals surface area contributed by atoms with Gasteiger partial charge in [0.15, 0.2) is 0 Å². The normalized spacial score (nSPS) is 11.8. The average molecular weight is 290 g/mol. The molecule has 0 aromatic heterocycles. The molecule has 6 heteroatoms. The summed E-state index contributed by atoms with van der Waals surface area (Å²) in [6.07, 6.45) is -2.89. The zero-order valence-electron chi connectivity index (χ0n) is 11.6. The maximum Gasteiger partial charge on any atom is 0.401 e. The van der Waals surface area contributed by atoms with Crippen molar-refractivity contribution in [2.75, 3.05) is 32.0 Å². The number of nitrogens with zero attached hydrogens (tertiary/aromatic N) is 1. The van der Waals surface area contributed by atoms with Crippen LogP contribution < -0.4 is 10.5 Å². The Bertz CT molecular complexity index is 379. The molecule has 3 nitrogen and oxygen atoms in total. The van der Waals surface area contributed by atoms with Crippen LogP contribution in [0.1, 0.15) is 19.8 Å². The molecule has 0 spiro atoms. The van der Waals surface area contributed by atoms with Crippen LogP contribution in [0.25, 0.3) is 0 Å². The molecule has 1 aromatic rings. The van der Waals surface area contributed by atoms with Crippen LogP contribution in [0.4, 0.5) is 18.9 Å². The number of hydrogen-bond acceptors (Lipinski definition) is 3. The molecule has 0 saturated carbocycles. The minimum atomic E-state index is -4.15. The van der Waals surface area contributed by atoms with E-state index in [0.29, 0.717) is 44.0 Å². The van der Waals surface area contributed by atoms with E-state index in [1.54, 1.807) is 24.3 Å². The van der Waals surface area contributed by atoms with Gasteiger partial charge in [-0.2, -0.15) is 13.2 Å². The molecule has 0 fully saturated rings. The highest BCUT2D eigenvalue weighted by Crippen LogP contribution is 2.17. The van der Waals surface area contributed by atoms with Crippen molar-refractivity contribution in [1.29, 1.82) is 0 Å². The first-order valence-electron chi connectivity index (χ1n) is 6.68. The van der Waals surface area contributed by atoms with E-state index in [1.165, 1.54) is 4.90 Å². The molecule has 0 bridgehead atoms. The van der Waals surface area contributed by atoms with Gasteiger partial charge in [-0.05, 0) is 43.7 Å². The topological polar surface area (TPSA) is 38.5 Å². The Morgan fingerprint density at radius 3 is 2.35 bits per heavy atom. The molecule has 0 saturated heterocycles. The highest BCUT2D eigenvalue weighted by Gasteiger charge is 2.29. The van der Waals surface area contributed by atoms with E-state index in [9.17, 15) is 13.2 Å². The van der Waals surface area contributed by atoms with Crippen LogP contribution in [0.2, 0.25) is 0 Å². The third-order valence-corrected chi connectivity index (χ3v) is 2.71. The second-order valence-electron chi connectivity index (χ2n) is 4.66. The van der Waals surface area contributed by atoms with Crippen molar-refractivity contribution in [2.45, 2.75) is 25.9 Å². The zero-order chi connectivity index (χ0) is 15.0. The van der Waals surface area contributed by atoms with Crippen molar-refractivity contribution < 1.29 is 17.9 Å². The molecule has 0 atom stereocenters. The lowest BCUT2D eigenvalue weighted by molar-refractivity contribution is -0.146. The summed E-state index contributed by atoms with van der Waals surface area (Å²) in [6, 6.07) is 6.94. The maximum atomic E-state index is 12.4. The SMILES string of the molecule is CCCN(CCCOc1ccc(N)cc1)CC(F)(F)F. The second kappa shape index (κ2) is 7.99. The number of benzene rings is 1. The van der Waals surface area contributed by atoms with Crippen molar-refractivity contribution in [3.8, 4) is 5.75 Å². The first-order chi connectivity index (χ1) is 9.40. The predicted molar refractivity (Wildman–Crippen MR) is 73.8 cm³/mol. The smallest absolute Gasteiger partial charge is 0.401 e. The van der Waals surface area contributed by atoms with Crippen molar-refractivity contribution in [3.05, 3.63) is 24.3 Å². The number of hydrogen-bond donors (Lipinski definition) is 1. The van der Waals surface area contributed by atoms with Gasteiger partial charge in [-0.15, -0.1) is 0 Å². The number of nitrogen functional groups attached to an aromatic ring is 1. The Hall–Kier alpha value is -1.43. The van der Waals surface area contributed by atoms with Crippen LogP contribution in [0, 0.1) is 0 Å². The zero-order valence-corrected chi connectivity index (χ0v) is 11.6. The van der Waals surface area contributed by atoms with Crippen LogP contribution in [-0.2, 0) is 0 Å². The largest absolute Gasteiger partial charge is 0.494 e. The first kappa shape index (κ1) is 16.6. The number of halogens is 3. The molecule has 0 aliphatic heterocycles. The van der Waals surface area contributed by atoms with E-state index < -0.39 is 12.7 Å². The third-order valence-electron chi connectivity index (χ3n) is 2.71. The Morgan fingerprint density at radius 2 is 1.80 bits per heavy atom. The van der Waals surface area contributed by atoms with Crippen LogP contribution in [0.5, 0.6) is 5.75 Å². The standard InChI is InChI=1S/C14H21F3N2O/c1-2-8-19(11-14(15,16)17)9-3-10-20-13-6-4-12(18)5-7-13/h4-7H,2-3,8-11,18H2,1H3. The minimum absolute atomic E-state index is 0.377. The Balaban J connectivity index is 2.28. The Morgan fingerprint density at radius 1 is 1.15 bits per heavy atom. The molecular formula is C14H21F3N2O. The molecule has 20 heavy (non-hydrogen) atoms. The van der Waals surface area contributed by atoms with Crippen molar-refractivity contribution in [3.63, 3.8) is 0 Å². The Kier molecular flexibility index (Phi) is 6.64. The number of ether oxygens (including phenoxy) is 1. The molecule has 2 N–H and O–H groups in total. The fourth-order valence-corrected chi connectivity index (χ4v) is 1.88. The van der Waals surface area contributed by atoms with Crippen molar-refractivity contribution in [2.24, 2.45) is 0 Å². The summed E-state index contributed by atoms with van der Waals surface area (Å²) in [7, 11) is 0. The summed E-state index contributed by atoms with van der Waals surface area (Å²) >= 11 is 0. The highest BCUT2D eigenvalue weighted by atomic mass is 19.4. The molecule has 0 aliphatic carbocycles. The summed E-state index contributed by atoms with van der Waals surface area (Å²) in [5, 5.41) is 0. The van der Waals surface area contributed by atoms with Crippen LogP contribution in [0.15, 0.2) is 24.3 Å². The highest BCUT2D eigenvalue weighted by molar-refractivity contribution is 5.41. The summed E-state index contributed by atoms with van der Waals surface area (Å²) in [6.45, 7) is 2.22. The second-order valence-corrected chi connectivity index (χ2v) is 4.66. The molecule has 1 rings (SSSR count). The molecule has 0 aliphatic rings. The van der Waals surface area contributed by atoms with Gasteiger partial charge in [-0.3, -0.25) is 4.90 Å². The van der Waals surface area contributed by atoms with E-state index >= 15 is 0 Å². The molecular weight excluding hydrogens is 269 g/mol. The van der Waals surface area contributed by atoms with Crippen LogP contribution >= 0.6 is 0 Å². The van der Waals surface area contributed by atoms with E-state index in [-0.39, 0.29) is 0 Å². The minimum Gasteiger partial charge on any atom is -0.494 e. The Labute approximate surface area is 117 Å². The van der Waals surface area contributed by atoms with Gasteiger partial charge in [0.05, 0.1) is 13.2 Å². The fraction of sp³-hybridized carbons (Fsp3) is 0.571. The molecule has 1 aromatic carbocycles. The van der Waals surface area contributed by atoms with Gasteiger partial charge in [-0.1, -0.05) is 6.92 Å². The van der Waals surface area contributed by atoms with E-state index in [0.717, 1.165) is 0 Å². The molecule has 0 unspecified atom stereocenters. The van der Waals surface area contributed by atoms with Crippen LogP contribution in [0.3, 0.4) is 0 Å². The summed E-state index contributed by atoms with van der Waals surface area (Å²) in [5.41, 5.74) is 6.19. The number of rotatable bonds is 8. The lowest BCUT2D eigenvalue weighted by Crippen LogP contribution is -2.36. The first-order valence-corrected chi connectivity index (χ1v) is 6.68. The van der Waals surface area contributed by atoms with Gasteiger partial charge in [0.1, 0.15) is 5.75 Å². The van der Waals surface area contributed by atoms with Gasteiger partial charge >= 0.3 is 6.18 Å². The lowest BCUT2D eigenvalue weighted by Gasteiger charge is -2.22. The summed E-state index contributed by atoms with van der Waals surface area (Å²) in [5.74, 6) is 0.678. The molecule has 0 radical (unpaired) electrons. The monoisotopic (exact) mass is 290 g/mol. The van der Waals surface area contributed by atoms with E-state index in [1.807, 2.05) is 6.92 Å².